The topological polar surface area (TPSA) is 88.3 Å². The molecule has 8 heteroatoms. The average molecular weight is 371 g/mol. The number of rotatable bonds is 4. The van der Waals surface area contributed by atoms with Crippen LogP contribution in [0.4, 0.5) is 11.5 Å². The first-order valence-electron chi connectivity index (χ1n) is 7.69. The molecule has 7 nitrogen and oxygen atoms in total. The number of pyridine rings is 1. The van der Waals surface area contributed by atoms with Crippen LogP contribution in [-0.2, 0) is 4.79 Å². The number of carbonyl (C=O) groups is 2. The van der Waals surface area contributed by atoms with Gasteiger partial charge >= 0.3 is 0 Å². The zero-order chi connectivity index (χ0) is 18.7. The van der Waals surface area contributed by atoms with Crippen molar-refractivity contribution < 1.29 is 14.0 Å². The van der Waals surface area contributed by atoms with Crippen molar-refractivity contribution in [1.29, 1.82) is 0 Å². The lowest BCUT2D eigenvalue weighted by atomic mass is 10.2. The van der Waals surface area contributed by atoms with E-state index in [1.54, 1.807) is 31.3 Å². The number of hydrogen-bond donors (Lipinski definition) is 1. The number of nitrogens with one attached hydrogen (secondary N) is 1. The van der Waals surface area contributed by atoms with Crippen LogP contribution in [0.2, 0.25) is 5.22 Å². The van der Waals surface area contributed by atoms with E-state index in [1.807, 2.05) is 18.2 Å². The lowest BCUT2D eigenvalue weighted by Gasteiger charge is -2.13. The number of hydrogen-bond acceptors (Lipinski definition) is 5. The fraction of sp³-hybridized carbons (Fsp3) is 0.111. The molecule has 1 N–H and O–H groups in total. The van der Waals surface area contributed by atoms with E-state index >= 15 is 0 Å². The summed E-state index contributed by atoms with van der Waals surface area (Å²) in [6.07, 6.45) is 1.44. The molecule has 132 valence electrons. The van der Waals surface area contributed by atoms with Gasteiger partial charge in [0.15, 0.2) is 5.69 Å². The predicted molar refractivity (Wildman–Crippen MR) is 98.2 cm³/mol. The number of nitrogens with zero attached hydrogens (tertiary/aromatic N) is 3. The fourth-order valence-electron chi connectivity index (χ4n) is 2.16. The second-order valence-electron chi connectivity index (χ2n) is 5.44. The molecular formula is C18H15ClN4O3. The van der Waals surface area contributed by atoms with Gasteiger partial charge in [-0.1, -0.05) is 18.2 Å². The largest absolute Gasteiger partial charge is 0.424 e. The number of benzene rings is 1. The Morgan fingerprint density at radius 3 is 2.50 bits per heavy atom. The van der Waals surface area contributed by atoms with Crippen molar-refractivity contribution >= 4 is 34.9 Å². The molecule has 0 unspecified atom stereocenters. The maximum absolute atomic E-state index is 12.4. The highest BCUT2D eigenvalue weighted by molar-refractivity contribution is 6.32. The van der Waals surface area contributed by atoms with Crippen LogP contribution in [0.3, 0.4) is 0 Å². The van der Waals surface area contributed by atoms with Crippen molar-refractivity contribution in [3.63, 3.8) is 0 Å². The van der Waals surface area contributed by atoms with Gasteiger partial charge < -0.3 is 14.6 Å². The molecule has 2 amide bonds. The van der Waals surface area contributed by atoms with Crippen molar-refractivity contribution in [2.24, 2.45) is 0 Å². The SMILES string of the molecule is CC(=O)N(C)c1ccc(NC(=O)c2nc(-c3ccccc3)oc2Cl)cn1. The fourth-order valence-corrected chi connectivity index (χ4v) is 2.36. The number of halogens is 1. The zero-order valence-electron chi connectivity index (χ0n) is 14.1. The first-order chi connectivity index (χ1) is 12.5. The number of anilines is 2. The standard InChI is InChI=1S/C18H15ClN4O3/c1-11(24)23(2)14-9-8-13(10-20-14)21-17(25)15-16(19)26-18(22-15)12-6-4-3-5-7-12/h3-10H,1-2H3,(H,21,25). The number of carbonyl (C=O) groups excluding carboxylic acids is 2. The number of oxazole rings is 1. The summed E-state index contributed by atoms with van der Waals surface area (Å²) in [5.74, 6) is 0.0751. The quantitative estimate of drug-likeness (QED) is 0.757. The van der Waals surface area contributed by atoms with Gasteiger partial charge in [0, 0.05) is 19.5 Å². The average Bonchev–Trinajstić information content (AvgIpc) is 3.04. The van der Waals surface area contributed by atoms with Crippen LogP contribution in [0.1, 0.15) is 17.4 Å². The monoisotopic (exact) mass is 370 g/mol. The summed E-state index contributed by atoms with van der Waals surface area (Å²) in [4.78, 5) is 33.4. The van der Waals surface area contributed by atoms with E-state index in [4.69, 9.17) is 16.0 Å². The predicted octanol–water partition coefficient (Wildman–Crippen LogP) is 3.63. The first-order valence-corrected chi connectivity index (χ1v) is 8.07. The van der Waals surface area contributed by atoms with Crippen LogP contribution >= 0.6 is 11.6 Å². The molecule has 0 fully saturated rings. The molecule has 0 saturated carbocycles. The Morgan fingerprint density at radius 1 is 1.15 bits per heavy atom. The minimum atomic E-state index is -0.518. The molecule has 3 aromatic rings. The molecule has 1 aromatic carbocycles. The third-order valence-corrected chi connectivity index (χ3v) is 3.90. The molecule has 3 rings (SSSR count). The summed E-state index contributed by atoms with van der Waals surface area (Å²) in [6.45, 7) is 1.44. The van der Waals surface area contributed by atoms with E-state index in [0.717, 1.165) is 0 Å². The van der Waals surface area contributed by atoms with Crippen molar-refractivity contribution in [3.8, 4) is 11.5 Å². The Balaban J connectivity index is 1.76. The molecule has 0 saturated heterocycles. The summed E-state index contributed by atoms with van der Waals surface area (Å²) >= 11 is 6.01. The molecule has 0 atom stereocenters. The van der Waals surface area contributed by atoms with Crippen LogP contribution in [0.25, 0.3) is 11.5 Å². The Kier molecular flexibility index (Phi) is 4.99. The molecule has 0 radical (unpaired) electrons. The Bertz CT molecular complexity index is 939. The van der Waals surface area contributed by atoms with E-state index < -0.39 is 5.91 Å². The normalized spacial score (nSPS) is 10.4. The summed E-state index contributed by atoms with van der Waals surface area (Å²) in [6, 6.07) is 12.4. The molecule has 0 bridgehead atoms. The first kappa shape index (κ1) is 17.6. The lowest BCUT2D eigenvalue weighted by molar-refractivity contribution is -0.116. The highest BCUT2D eigenvalue weighted by Crippen LogP contribution is 2.26. The Labute approximate surface area is 154 Å². The Morgan fingerprint density at radius 2 is 1.88 bits per heavy atom. The molecular weight excluding hydrogens is 356 g/mol. The van der Waals surface area contributed by atoms with Gasteiger partial charge in [0.2, 0.25) is 17.0 Å². The summed E-state index contributed by atoms with van der Waals surface area (Å²) in [5, 5.41) is 2.55. The van der Waals surface area contributed by atoms with E-state index in [2.05, 4.69) is 15.3 Å². The van der Waals surface area contributed by atoms with Gasteiger partial charge in [-0.2, -0.15) is 0 Å². The van der Waals surface area contributed by atoms with Crippen molar-refractivity contribution in [2.75, 3.05) is 17.3 Å². The minimum Gasteiger partial charge on any atom is -0.424 e. The van der Waals surface area contributed by atoms with Gasteiger partial charge in [0.05, 0.1) is 11.9 Å². The van der Waals surface area contributed by atoms with Crippen molar-refractivity contribution in [2.45, 2.75) is 6.92 Å². The number of aromatic nitrogens is 2. The molecule has 0 spiro atoms. The van der Waals surface area contributed by atoms with Gasteiger partial charge in [-0.05, 0) is 35.9 Å². The van der Waals surface area contributed by atoms with E-state index in [-0.39, 0.29) is 22.7 Å². The van der Waals surface area contributed by atoms with Gasteiger partial charge in [-0.25, -0.2) is 9.97 Å². The highest BCUT2D eigenvalue weighted by atomic mass is 35.5. The van der Waals surface area contributed by atoms with Gasteiger partial charge in [-0.3, -0.25) is 9.59 Å². The van der Waals surface area contributed by atoms with E-state index in [9.17, 15) is 9.59 Å². The lowest BCUT2D eigenvalue weighted by Crippen LogP contribution is -2.23. The zero-order valence-corrected chi connectivity index (χ0v) is 14.8. The summed E-state index contributed by atoms with van der Waals surface area (Å²) in [5.41, 5.74) is 1.14. The Hall–Kier alpha value is -3.19. The van der Waals surface area contributed by atoms with Gasteiger partial charge in [0.1, 0.15) is 5.82 Å². The smallest absolute Gasteiger partial charge is 0.279 e. The van der Waals surface area contributed by atoms with Crippen LogP contribution in [-0.4, -0.2) is 28.8 Å². The second kappa shape index (κ2) is 7.37. The third kappa shape index (κ3) is 3.73. The summed E-state index contributed by atoms with van der Waals surface area (Å²) < 4.78 is 5.37. The molecule has 26 heavy (non-hydrogen) atoms. The summed E-state index contributed by atoms with van der Waals surface area (Å²) in [7, 11) is 1.61. The van der Waals surface area contributed by atoms with Crippen molar-refractivity contribution in [3.05, 3.63) is 59.6 Å². The molecule has 0 aliphatic heterocycles. The van der Waals surface area contributed by atoms with Crippen LogP contribution in [0, 0.1) is 0 Å². The van der Waals surface area contributed by atoms with Crippen molar-refractivity contribution in [1.82, 2.24) is 9.97 Å². The molecule has 2 heterocycles. The minimum absolute atomic E-state index is 0.0181. The number of amides is 2. The maximum atomic E-state index is 12.4. The van der Waals surface area contributed by atoms with Crippen LogP contribution < -0.4 is 10.2 Å². The molecule has 0 aliphatic carbocycles. The second-order valence-corrected chi connectivity index (χ2v) is 5.79. The van der Waals surface area contributed by atoms with Gasteiger partial charge in [0.25, 0.3) is 5.91 Å². The van der Waals surface area contributed by atoms with E-state index in [0.29, 0.717) is 17.1 Å². The molecule has 0 aliphatic rings. The van der Waals surface area contributed by atoms with E-state index in [1.165, 1.54) is 18.0 Å². The van der Waals surface area contributed by atoms with Gasteiger partial charge in [-0.15, -0.1) is 0 Å². The van der Waals surface area contributed by atoms with Crippen LogP contribution in [0.15, 0.2) is 53.1 Å². The highest BCUT2D eigenvalue weighted by Gasteiger charge is 2.20. The maximum Gasteiger partial charge on any atom is 0.279 e. The third-order valence-electron chi connectivity index (χ3n) is 3.64. The molecule has 2 aromatic heterocycles. The van der Waals surface area contributed by atoms with Crippen LogP contribution in [0.5, 0.6) is 0 Å².